The van der Waals surface area contributed by atoms with Crippen LogP contribution in [0.4, 0.5) is 4.79 Å². The molecule has 0 bridgehead atoms. The van der Waals surface area contributed by atoms with Crippen molar-refractivity contribution in [3.05, 3.63) is 66.0 Å². The maximum absolute atomic E-state index is 12.5. The van der Waals surface area contributed by atoms with Crippen LogP contribution in [0.5, 0.6) is 17.2 Å². The minimum Gasteiger partial charge on any atom is -0.493 e. The number of carbonyl (C=O) groups is 2. The Morgan fingerprint density at radius 2 is 1.69 bits per heavy atom. The fraction of sp³-hybridized carbons (Fsp3) is 0.345. The molecule has 204 valence electrons. The summed E-state index contributed by atoms with van der Waals surface area (Å²) >= 11 is 0. The number of nitrogens with two attached hydrogens (primary N) is 1. The highest BCUT2D eigenvalue weighted by Crippen LogP contribution is 2.35. The molecule has 5 rings (SSSR count). The molecule has 0 unspecified atom stereocenters. The zero-order chi connectivity index (χ0) is 27.7. The number of piperidine rings is 1. The molecule has 2 amide bonds. The molecule has 0 spiro atoms. The van der Waals surface area contributed by atoms with Gasteiger partial charge < -0.3 is 29.8 Å². The van der Waals surface area contributed by atoms with Gasteiger partial charge in [0, 0.05) is 24.2 Å². The van der Waals surface area contributed by atoms with E-state index in [0.29, 0.717) is 36.0 Å². The summed E-state index contributed by atoms with van der Waals surface area (Å²) in [5.74, 6) is 1.45. The molecule has 10 nitrogen and oxygen atoms in total. The number of ether oxygens (including phenoxy) is 3. The number of fused-ring (bicyclic) bond motifs is 1. The van der Waals surface area contributed by atoms with Gasteiger partial charge in [-0.05, 0) is 75.9 Å². The van der Waals surface area contributed by atoms with Gasteiger partial charge in [-0.2, -0.15) is 5.10 Å². The van der Waals surface area contributed by atoms with Crippen LogP contribution < -0.4 is 15.2 Å². The van der Waals surface area contributed by atoms with Gasteiger partial charge in [0.1, 0.15) is 17.0 Å². The number of amides is 2. The second-order valence-corrected chi connectivity index (χ2v) is 10.6. The fourth-order valence-electron chi connectivity index (χ4n) is 4.89. The lowest BCUT2D eigenvalue weighted by Crippen LogP contribution is -2.41. The van der Waals surface area contributed by atoms with Gasteiger partial charge in [0.05, 0.1) is 19.0 Å². The number of nitrogens with zero attached hydrogens (tertiary/aromatic N) is 3. The molecule has 0 atom stereocenters. The second-order valence-electron chi connectivity index (χ2n) is 10.6. The van der Waals surface area contributed by atoms with Crippen molar-refractivity contribution in [2.75, 3.05) is 20.2 Å². The molecule has 2 aromatic heterocycles. The van der Waals surface area contributed by atoms with Crippen LogP contribution in [0.25, 0.3) is 16.9 Å². The average molecular weight is 532 g/mol. The first-order chi connectivity index (χ1) is 18.6. The van der Waals surface area contributed by atoms with Crippen LogP contribution in [0.2, 0.25) is 0 Å². The van der Waals surface area contributed by atoms with Gasteiger partial charge in [-0.1, -0.05) is 12.1 Å². The zero-order valence-electron chi connectivity index (χ0n) is 22.6. The number of aromatic amines is 1. The lowest BCUT2D eigenvalue weighted by molar-refractivity contribution is 0.0205. The number of carbonyl (C=O) groups excluding carboxylic acids is 2. The Balaban J connectivity index is 1.37. The number of benzene rings is 2. The molecule has 0 radical (unpaired) electrons. The van der Waals surface area contributed by atoms with Gasteiger partial charge >= 0.3 is 6.09 Å². The summed E-state index contributed by atoms with van der Waals surface area (Å²) in [6.45, 7) is 6.76. The van der Waals surface area contributed by atoms with Gasteiger partial charge in [-0.25, -0.2) is 9.31 Å². The van der Waals surface area contributed by atoms with Gasteiger partial charge in [0.25, 0.3) is 5.91 Å². The number of methoxy groups -OCH3 is 1. The van der Waals surface area contributed by atoms with Crippen molar-refractivity contribution in [2.45, 2.75) is 45.1 Å². The fourth-order valence-corrected chi connectivity index (χ4v) is 4.89. The molecular weight excluding hydrogens is 498 g/mol. The molecule has 10 heteroatoms. The van der Waals surface area contributed by atoms with E-state index in [1.165, 1.54) is 0 Å². The third-order valence-corrected chi connectivity index (χ3v) is 6.75. The van der Waals surface area contributed by atoms with E-state index in [-0.39, 0.29) is 17.7 Å². The van der Waals surface area contributed by atoms with Crippen molar-refractivity contribution in [3.8, 4) is 28.5 Å². The number of aromatic nitrogens is 3. The van der Waals surface area contributed by atoms with Crippen molar-refractivity contribution in [2.24, 2.45) is 5.73 Å². The van der Waals surface area contributed by atoms with Crippen LogP contribution in [0.3, 0.4) is 0 Å². The third-order valence-electron chi connectivity index (χ3n) is 6.75. The van der Waals surface area contributed by atoms with Crippen LogP contribution in [-0.4, -0.2) is 57.3 Å². The predicted molar refractivity (Wildman–Crippen MR) is 146 cm³/mol. The summed E-state index contributed by atoms with van der Waals surface area (Å²) in [4.78, 5) is 30.1. The number of para-hydroxylation sites is 2. The summed E-state index contributed by atoms with van der Waals surface area (Å²) in [6.07, 6.45) is 3.00. The van der Waals surface area contributed by atoms with Crippen molar-refractivity contribution in [3.63, 3.8) is 0 Å². The SMILES string of the molecule is COc1ccccc1Oc1ccc(-c2[nH]c3c(C4CCN(C(=O)OC(C)(C)C)CC4)cnn3c2C(N)=O)cc1. The number of imidazole rings is 1. The smallest absolute Gasteiger partial charge is 0.410 e. The number of hydrogen-bond acceptors (Lipinski definition) is 6. The Bertz CT molecular complexity index is 1490. The number of primary amides is 1. The topological polar surface area (TPSA) is 124 Å². The molecule has 2 aromatic carbocycles. The number of hydrogen-bond donors (Lipinski definition) is 2. The summed E-state index contributed by atoms with van der Waals surface area (Å²) < 4.78 is 18.4. The van der Waals surface area contributed by atoms with E-state index in [4.69, 9.17) is 19.9 Å². The molecule has 0 saturated carbocycles. The van der Waals surface area contributed by atoms with E-state index in [1.54, 1.807) is 22.7 Å². The second kappa shape index (κ2) is 10.4. The Hall–Kier alpha value is -4.47. The highest BCUT2D eigenvalue weighted by Gasteiger charge is 2.30. The number of likely N-dealkylation sites (tertiary alicyclic amines) is 1. The third kappa shape index (κ3) is 5.41. The first-order valence-corrected chi connectivity index (χ1v) is 12.9. The molecule has 3 N–H and O–H groups in total. The molecule has 1 aliphatic heterocycles. The van der Waals surface area contributed by atoms with Crippen molar-refractivity contribution >= 4 is 17.6 Å². The van der Waals surface area contributed by atoms with E-state index in [2.05, 4.69) is 10.1 Å². The Labute approximate surface area is 226 Å². The van der Waals surface area contributed by atoms with E-state index in [9.17, 15) is 9.59 Å². The first-order valence-electron chi connectivity index (χ1n) is 12.9. The molecule has 39 heavy (non-hydrogen) atoms. The molecule has 4 aromatic rings. The normalized spacial score (nSPS) is 14.4. The largest absolute Gasteiger partial charge is 0.493 e. The molecule has 1 aliphatic rings. The van der Waals surface area contributed by atoms with Gasteiger partial charge in [-0.3, -0.25) is 4.79 Å². The van der Waals surface area contributed by atoms with E-state index < -0.39 is 11.5 Å². The predicted octanol–water partition coefficient (Wildman–Crippen LogP) is 5.34. The monoisotopic (exact) mass is 531 g/mol. The maximum atomic E-state index is 12.5. The van der Waals surface area contributed by atoms with Crippen LogP contribution in [0.1, 0.15) is 55.6 Å². The Morgan fingerprint density at radius 1 is 1.03 bits per heavy atom. The first kappa shape index (κ1) is 26.1. The lowest BCUT2D eigenvalue weighted by Gasteiger charge is -2.33. The molecular formula is C29H33N5O5. The minimum absolute atomic E-state index is 0.171. The minimum atomic E-state index is -0.583. The molecule has 1 saturated heterocycles. The van der Waals surface area contributed by atoms with Gasteiger partial charge in [0.2, 0.25) is 0 Å². The van der Waals surface area contributed by atoms with Gasteiger partial charge in [0.15, 0.2) is 17.2 Å². The van der Waals surface area contributed by atoms with E-state index in [1.807, 2.05) is 69.3 Å². The molecule has 1 fully saturated rings. The number of H-pyrrole nitrogens is 1. The highest BCUT2D eigenvalue weighted by atomic mass is 16.6. The van der Waals surface area contributed by atoms with Crippen molar-refractivity contribution in [1.29, 1.82) is 0 Å². The summed E-state index contributed by atoms with van der Waals surface area (Å²) in [5, 5.41) is 4.50. The van der Waals surface area contributed by atoms with Crippen LogP contribution in [-0.2, 0) is 4.74 Å². The van der Waals surface area contributed by atoms with Crippen molar-refractivity contribution in [1.82, 2.24) is 19.5 Å². The van der Waals surface area contributed by atoms with Gasteiger partial charge in [-0.15, -0.1) is 0 Å². The summed E-state index contributed by atoms with van der Waals surface area (Å²) in [5.41, 5.74) is 8.62. The Kier molecular flexibility index (Phi) is 6.94. The zero-order valence-corrected chi connectivity index (χ0v) is 22.6. The van der Waals surface area contributed by atoms with Crippen LogP contribution in [0.15, 0.2) is 54.7 Å². The quantitative estimate of drug-likeness (QED) is 0.346. The summed E-state index contributed by atoms with van der Waals surface area (Å²) in [6, 6.07) is 14.8. The van der Waals surface area contributed by atoms with E-state index in [0.717, 1.165) is 29.6 Å². The number of nitrogens with one attached hydrogen (secondary N) is 1. The van der Waals surface area contributed by atoms with E-state index >= 15 is 0 Å². The van der Waals surface area contributed by atoms with Crippen LogP contribution >= 0.6 is 0 Å². The maximum Gasteiger partial charge on any atom is 0.410 e. The molecule has 3 heterocycles. The standard InChI is InChI=1S/C29H33N5O5/c1-29(2,3)39-28(36)33-15-13-18(14-16-33)21-17-31-34-25(26(30)35)24(32-27(21)34)19-9-11-20(12-10-19)38-23-8-6-5-7-22(23)37-4/h5-12,17-18,32H,13-16H2,1-4H3,(H2,30,35). The average Bonchev–Trinajstić information content (AvgIpc) is 3.48. The number of rotatable bonds is 6. The summed E-state index contributed by atoms with van der Waals surface area (Å²) in [7, 11) is 1.59. The molecule has 0 aliphatic carbocycles. The lowest BCUT2D eigenvalue weighted by atomic mass is 9.91. The van der Waals surface area contributed by atoms with Crippen molar-refractivity contribution < 1.29 is 23.8 Å². The highest BCUT2D eigenvalue weighted by molar-refractivity contribution is 5.98. The Morgan fingerprint density at radius 3 is 2.31 bits per heavy atom. The van der Waals surface area contributed by atoms with Crippen LogP contribution in [0, 0.1) is 0 Å².